The number of nitrogen functional groups attached to an aromatic ring is 1. The molecule has 2 rings (SSSR count). The minimum absolute atomic E-state index is 0.545. The number of hydrogen-bond acceptors (Lipinski definition) is 2. The Bertz CT molecular complexity index is 439. The van der Waals surface area contributed by atoms with Gasteiger partial charge in [-0.1, -0.05) is 34.1 Å². The molecule has 2 aromatic rings. The van der Waals surface area contributed by atoms with Crippen LogP contribution in [-0.4, -0.2) is 0 Å². The topological polar surface area (TPSA) is 35.2 Å². The number of anilines is 1. The van der Waals surface area contributed by atoms with Crippen LogP contribution >= 0.6 is 15.9 Å². The standard InChI is InChI=1S/C13H12BrNO/c14-11-4-1-3-10(7-11)9-16-13-6-2-5-12(15)8-13/h1-8H,9,15H2. The SMILES string of the molecule is Nc1cccc(OCc2cccc(Br)c2)c1. The Labute approximate surface area is 103 Å². The molecule has 0 saturated heterocycles. The van der Waals surface area contributed by atoms with Crippen molar-refractivity contribution in [1.29, 1.82) is 0 Å². The lowest BCUT2D eigenvalue weighted by molar-refractivity contribution is 0.306. The van der Waals surface area contributed by atoms with Crippen LogP contribution < -0.4 is 10.5 Å². The van der Waals surface area contributed by atoms with Gasteiger partial charge in [-0.3, -0.25) is 0 Å². The minimum Gasteiger partial charge on any atom is -0.489 e. The lowest BCUT2D eigenvalue weighted by Gasteiger charge is -2.07. The van der Waals surface area contributed by atoms with Gasteiger partial charge in [0.2, 0.25) is 0 Å². The Hall–Kier alpha value is -1.48. The molecule has 0 aliphatic heterocycles. The summed E-state index contributed by atoms with van der Waals surface area (Å²) in [4.78, 5) is 0. The van der Waals surface area contributed by atoms with Crippen LogP contribution in [0.2, 0.25) is 0 Å². The van der Waals surface area contributed by atoms with E-state index in [1.54, 1.807) is 0 Å². The van der Waals surface area contributed by atoms with Crippen LogP contribution in [-0.2, 0) is 6.61 Å². The van der Waals surface area contributed by atoms with E-state index in [1.807, 2.05) is 48.5 Å². The molecular weight excluding hydrogens is 266 g/mol. The summed E-state index contributed by atoms with van der Waals surface area (Å²) in [5.74, 6) is 0.792. The second-order valence-corrected chi connectivity index (χ2v) is 4.41. The molecule has 2 nitrogen and oxygen atoms in total. The van der Waals surface area contributed by atoms with Crippen molar-refractivity contribution in [2.75, 3.05) is 5.73 Å². The van der Waals surface area contributed by atoms with E-state index in [1.165, 1.54) is 0 Å². The van der Waals surface area contributed by atoms with Crippen molar-refractivity contribution in [1.82, 2.24) is 0 Å². The fraction of sp³-hybridized carbons (Fsp3) is 0.0769. The smallest absolute Gasteiger partial charge is 0.121 e. The van der Waals surface area contributed by atoms with E-state index in [0.717, 1.165) is 15.8 Å². The van der Waals surface area contributed by atoms with Crippen LogP contribution in [0.1, 0.15) is 5.56 Å². The largest absolute Gasteiger partial charge is 0.489 e. The number of nitrogens with two attached hydrogens (primary N) is 1. The monoisotopic (exact) mass is 277 g/mol. The molecule has 0 aliphatic carbocycles. The Balaban J connectivity index is 2.02. The van der Waals surface area contributed by atoms with Gasteiger partial charge in [-0.25, -0.2) is 0 Å². The van der Waals surface area contributed by atoms with Gasteiger partial charge < -0.3 is 10.5 Å². The van der Waals surface area contributed by atoms with Crippen LogP contribution in [0.3, 0.4) is 0 Å². The Kier molecular flexibility index (Phi) is 3.47. The molecule has 0 unspecified atom stereocenters. The van der Waals surface area contributed by atoms with E-state index in [4.69, 9.17) is 10.5 Å². The molecule has 16 heavy (non-hydrogen) atoms. The van der Waals surface area contributed by atoms with Crippen LogP contribution in [0.25, 0.3) is 0 Å². The molecule has 0 atom stereocenters. The summed E-state index contributed by atoms with van der Waals surface area (Å²) in [6.45, 7) is 0.545. The van der Waals surface area contributed by atoms with Crippen molar-refractivity contribution >= 4 is 21.6 Å². The fourth-order valence-corrected chi connectivity index (χ4v) is 1.84. The summed E-state index contributed by atoms with van der Waals surface area (Å²) in [5.41, 5.74) is 7.50. The first kappa shape index (κ1) is 11.0. The van der Waals surface area contributed by atoms with E-state index in [9.17, 15) is 0 Å². The maximum atomic E-state index is 5.66. The molecule has 0 amide bonds. The summed E-state index contributed by atoms with van der Waals surface area (Å²) < 4.78 is 6.68. The second-order valence-electron chi connectivity index (χ2n) is 3.49. The molecule has 3 heteroatoms. The molecule has 0 fully saturated rings. The van der Waals surface area contributed by atoms with Crippen molar-refractivity contribution in [3.05, 3.63) is 58.6 Å². The molecule has 0 aliphatic rings. The zero-order valence-electron chi connectivity index (χ0n) is 8.69. The van der Waals surface area contributed by atoms with Crippen molar-refractivity contribution < 1.29 is 4.74 Å². The number of rotatable bonds is 3. The number of benzene rings is 2. The molecule has 82 valence electrons. The number of halogens is 1. The summed E-state index contributed by atoms with van der Waals surface area (Å²) in [5, 5.41) is 0. The van der Waals surface area contributed by atoms with E-state index in [-0.39, 0.29) is 0 Å². The summed E-state index contributed by atoms with van der Waals surface area (Å²) in [6.07, 6.45) is 0. The van der Waals surface area contributed by atoms with Gasteiger partial charge in [-0.15, -0.1) is 0 Å². The molecule has 0 spiro atoms. The highest BCUT2D eigenvalue weighted by molar-refractivity contribution is 9.10. The highest BCUT2D eigenvalue weighted by Crippen LogP contribution is 2.17. The zero-order valence-corrected chi connectivity index (χ0v) is 10.3. The van der Waals surface area contributed by atoms with Crippen LogP contribution in [0, 0.1) is 0 Å². The van der Waals surface area contributed by atoms with Gasteiger partial charge in [0.15, 0.2) is 0 Å². The first-order valence-electron chi connectivity index (χ1n) is 4.97. The predicted octanol–water partition coefficient (Wildman–Crippen LogP) is 3.61. The van der Waals surface area contributed by atoms with Gasteiger partial charge in [0.1, 0.15) is 12.4 Å². The van der Waals surface area contributed by atoms with Crippen molar-refractivity contribution in [2.45, 2.75) is 6.61 Å². The average molecular weight is 278 g/mol. The third kappa shape index (κ3) is 3.00. The first-order valence-corrected chi connectivity index (χ1v) is 5.76. The van der Waals surface area contributed by atoms with E-state index < -0.39 is 0 Å². The Morgan fingerprint density at radius 1 is 1.06 bits per heavy atom. The summed E-state index contributed by atoms with van der Waals surface area (Å²) in [7, 11) is 0. The summed E-state index contributed by atoms with van der Waals surface area (Å²) in [6, 6.07) is 15.5. The van der Waals surface area contributed by atoms with Gasteiger partial charge in [-0.05, 0) is 29.8 Å². The van der Waals surface area contributed by atoms with Gasteiger partial charge in [0.05, 0.1) is 0 Å². The van der Waals surface area contributed by atoms with Gasteiger partial charge in [-0.2, -0.15) is 0 Å². The molecule has 0 radical (unpaired) electrons. The third-order valence-corrected chi connectivity index (χ3v) is 2.65. The third-order valence-electron chi connectivity index (χ3n) is 2.15. The fourth-order valence-electron chi connectivity index (χ4n) is 1.40. The van der Waals surface area contributed by atoms with Crippen molar-refractivity contribution in [3.63, 3.8) is 0 Å². The minimum atomic E-state index is 0.545. The molecule has 0 saturated carbocycles. The Morgan fingerprint density at radius 3 is 2.62 bits per heavy atom. The number of hydrogen-bond donors (Lipinski definition) is 1. The molecule has 0 aromatic heterocycles. The van der Waals surface area contributed by atoms with Crippen LogP contribution in [0.4, 0.5) is 5.69 Å². The predicted molar refractivity (Wildman–Crippen MR) is 69.3 cm³/mol. The second kappa shape index (κ2) is 5.03. The van der Waals surface area contributed by atoms with E-state index >= 15 is 0 Å². The Morgan fingerprint density at radius 2 is 1.88 bits per heavy atom. The molecule has 2 aromatic carbocycles. The van der Waals surface area contributed by atoms with Gasteiger partial charge >= 0.3 is 0 Å². The highest BCUT2D eigenvalue weighted by Gasteiger charge is 1.97. The lowest BCUT2D eigenvalue weighted by Crippen LogP contribution is -1.95. The molecule has 2 N–H and O–H groups in total. The summed E-state index contributed by atoms with van der Waals surface area (Å²) >= 11 is 3.42. The van der Waals surface area contributed by atoms with Crippen molar-refractivity contribution in [3.8, 4) is 5.75 Å². The molecule has 0 heterocycles. The van der Waals surface area contributed by atoms with Crippen molar-refractivity contribution in [2.24, 2.45) is 0 Å². The maximum absolute atomic E-state index is 5.66. The van der Waals surface area contributed by atoms with Gasteiger partial charge in [0, 0.05) is 16.2 Å². The quantitative estimate of drug-likeness (QED) is 0.870. The highest BCUT2D eigenvalue weighted by atomic mass is 79.9. The van der Waals surface area contributed by atoms with Crippen LogP contribution in [0.5, 0.6) is 5.75 Å². The number of ether oxygens (including phenoxy) is 1. The molecular formula is C13H12BrNO. The van der Waals surface area contributed by atoms with Crippen LogP contribution in [0.15, 0.2) is 53.0 Å². The van der Waals surface area contributed by atoms with E-state index in [2.05, 4.69) is 15.9 Å². The normalized spacial score (nSPS) is 10.1. The molecule has 0 bridgehead atoms. The maximum Gasteiger partial charge on any atom is 0.121 e. The first-order chi connectivity index (χ1) is 7.74. The average Bonchev–Trinajstić information content (AvgIpc) is 2.27. The van der Waals surface area contributed by atoms with Gasteiger partial charge in [0.25, 0.3) is 0 Å². The van der Waals surface area contributed by atoms with E-state index in [0.29, 0.717) is 12.3 Å². The lowest BCUT2D eigenvalue weighted by atomic mass is 10.2. The zero-order chi connectivity index (χ0) is 11.4.